The summed E-state index contributed by atoms with van der Waals surface area (Å²) in [6.45, 7) is 2.24. The zero-order valence-corrected chi connectivity index (χ0v) is 30.3. The summed E-state index contributed by atoms with van der Waals surface area (Å²) in [4.78, 5) is 20.1. The van der Waals surface area contributed by atoms with Crippen molar-refractivity contribution in [3.05, 3.63) is 34.4 Å². The number of hydrogen-bond donors (Lipinski definition) is 1. The second kappa shape index (κ2) is 23.8. The van der Waals surface area contributed by atoms with Crippen LogP contribution < -0.4 is 0 Å². The van der Waals surface area contributed by atoms with Crippen molar-refractivity contribution in [2.45, 2.75) is 121 Å². The molecule has 46 heavy (non-hydrogen) atoms. The van der Waals surface area contributed by atoms with Gasteiger partial charge in [-0.15, -0.1) is 0 Å². The van der Waals surface area contributed by atoms with Crippen LogP contribution in [0.4, 0.5) is 5.69 Å². The summed E-state index contributed by atoms with van der Waals surface area (Å²) in [6, 6.07) is 4.24. The number of quaternary nitrogens is 1. The Bertz CT molecular complexity index is 1100. The number of ether oxygens (including phenoxy) is 1. The van der Waals surface area contributed by atoms with E-state index in [1.807, 2.05) is 21.1 Å². The molecule has 268 valence electrons. The summed E-state index contributed by atoms with van der Waals surface area (Å²) in [5.74, 6) is 0. The van der Waals surface area contributed by atoms with Crippen molar-refractivity contribution in [3.63, 3.8) is 0 Å². The van der Waals surface area contributed by atoms with Gasteiger partial charge in [-0.3, -0.25) is 23.3 Å². The number of benzene rings is 1. The molecule has 0 bridgehead atoms. The molecule has 0 aromatic heterocycles. The zero-order valence-electron chi connectivity index (χ0n) is 28.6. The van der Waals surface area contributed by atoms with Crippen LogP contribution in [0.15, 0.2) is 29.2 Å². The van der Waals surface area contributed by atoms with E-state index in [4.69, 9.17) is 18.0 Å². The third kappa shape index (κ3) is 22.2. The molecule has 14 heteroatoms. The van der Waals surface area contributed by atoms with E-state index in [0.717, 1.165) is 43.5 Å². The van der Waals surface area contributed by atoms with E-state index >= 15 is 0 Å². The van der Waals surface area contributed by atoms with Gasteiger partial charge in [0.2, 0.25) is 0 Å². The molecule has 0 saturated carbocycles. The monoisotopic (exact) mass is 695 g/mol. The maximum Gasteiger partial charge on any atom is 0.472 e. The normalized spacial score (nSPS) is 14.3. The van der Waals surface area contributed by atoms with Gasteiger partial charge in [0.1, 0.15) is 19.3 Å². The minimum atomic E-state index is -4.48. The summed E-state index contributed by atoms with van der Waals surface area (Å²) in [7, 11) is -3.16. The van der Waals surface area contributed by atoms with Crippen LogP contribution in [0, 0.1) is 10.1 Å². The molecule has 2 unspecified atom stereocenters. The molecule has 0 saturated heterocycles. The Morgan fingerprint density at radius 3 is 1.72 bits per heavy atom. The smallest absolute Gasteiger partial charge is 0.379 e. The van der Waals surface area contributed by atoms with Crippen LogP contribution in [0.25, 0.3) is 0 Å². The van der Waals surface area contributed by atoms with Crippen LogP contribution in [0.2, 0.25) is 0 Å². The lowest BCUT2D eigenvalue weighted by atomic mass is 10.0. The standard InChI is InChI=1S/C32H59N2O10PS/c1-5-6-7-8-9-10-11-12-13-14-15-16-17-18-19-20-26-41-28-31(29-43-45(37,38)42-27-25-34(2,3)4)44-46(39,40)32-23-21-30(22-24-32)33(35)36/h21-24,31H,5-20,25-29H2,1-4H3/p+1. The summed E-state index contributed by atoms with van der Waals surface area (Å²) < 4.78 is 59.6. The number of phosphoric ester groups is 1. The van der Waals surface area contributed by atoms with E-state index in [1.165, 1.54) is 83.5 Å². The molecular formula is C32H60N2O10PS+. The fourth-order valence-corrected chi connectivity index (χ4v) is 6.48. The first-order valence-electron chi connectivity index (χ1n) is 16.9. The van der Waals surface area contributed by atoms with Crippen molar-refractivity contribution in [1.82, 2.24) is 0 Å². The van der Waals surface area contributed by atoms with E-state index in [0.29, 0.717) is 17.6 Å². The number of nitro groups is 1. The van der Waals surface area contributed by atoms with Gasteiger partial charge in [-0.1, -0.05) is 103 Å². The molecule has 0 spiro atoms. The molecular weight excluding hydrogens is 635 g/mol. The minimum Gasteiger partial charge on any atom is -0.379 e. The molecule has 1 aromatic rings. The molecule has 0 fully saturated rings. The first kappa shape index (κ1) is 42.6. The number of phosphoric acid groups is 1. The van der Waals surface area contributed by atoms with Crippen LogP contribution in [-0.4, -0.2) is 82.9 Å². The number of rotatable bonds is 30. The third-order valence-corrected chi connectivity index (χ3v) is 9.84. The molecule has 2 atom stereocenters. The van der Waals surface area contributed by atoms with E-state index in [9.17, 15) is 28.0 Å². The molecule has 0 aliphatic carbocycles. The molecule has 1 N–H and O–H groups in total. The van der Waals surface area contributed by atoms with Gasteiger partial charge in [0.05, 0.1) is 44.2 Å². The molecule has 1 rings (SSSR count). The summed E-state index contributed by atoms with van der Waals surface area (Å²) >= 11 is 0. The molecule has 0 aliphatic rings. The van der Waals surface area contributed by atoms with Gasteiger partial charge < -0.3 is 14.1 Å². The summed E-state index contributed by atoms with van der Waals surface area (Å²) in [5.41, 5.74) is -0.270. The van der Waals surface area contributed by atoms with Crippen molar-refractivity contribution in [2.24, 2.45) is 0 Å². The predicted octanol–water partition coefficient (Wildman–Crippen LogP) is 7.79. The molecule has 0 aliphatic heterocycles. The molecule has 1 aromatic carbocycles. The highest BCUT2D eigenvalue weighted by atomic mass is 32.2. The number of nitro benzene ring substituents is 1. The maximum atomic E-state index is 12.9. The lowest BCUT2D eigenvalue weighted by Crippen LogP contribution is -2.37. The lowest BCUT2D eigenvalue weighted by molar-refractivity contribution is -0.870. The summed E-state index contributed by atoms with van der Waals surface area (Å²) in [6.07, 6.45) is 18.8. The highest BCUT2D eigenvalue weighted by molar-refractivity contribution is 7.86. The number of nitrogens with zero attached hydrogens (tertiary/aromatic N) is 2. The molecule has 0 amide bonds. The Morgan fingerprint density at radius 1 is 0.783 bits per heavy atom. The van der Waals surface area contributed by atoms with Crippen molar-refractivity contribution in [1.29, 1.82) is 0 Å². The first-order valence-corrected chi connectivity index (χ1v) is 19.8. The second-order valence-corrected chi connectivity index (χ2v) is 15.9. The first-order chi connectivity index (χ1) is 21.8. The van der Waals surface area contributed by atoms with Crippen LogP contribution in [0.5, 0.6) is 0 Å². The number of hydrogen-bond acceptors (Lipinski definition) is 9. The SMILES string of the molecule is CCCCCCCCCCCCCCCCCCOCC(COP(=O)(O)OCC[N+](C)(C)C)OS(=O)(=O)c1ccc([N+](=O)[O-])cc1. The van der Waals surface area contributed by atoms with Gasteiger partial charge in [-0.25, -0.2) is 4.57 Å². The Labute approximate surface area is 277 Å². The summed E-state index contributed by atoms with van der Waals surface area (Å²) in [5, 5.41) is 10.9. The predicted molar refractivity (Wildman–Crippen MR) is 180 cm³/mol. The van der Waals surface area contributed by atoms with Crippen molar-refractivity contribution in [3.8, 4) is 0 Å². The number of non-ortho nitro benzene ring substituents is 1. The van der Waals surface area contributed by atoms with Gasteiger partial charge >= 0.3 is 7.82 Å². The van der Waals surface area contributed by atoms with Crippen LogP contribution >= 0.6 is 7.82 Å². The van der Waals surface area contributed by atoms with Crippen LogP contribution in [0.3, 0.4) is 0 Å². The fourth-order valence-electron chi connectivity index (χ4n) is 4.68. The van der Waals surface area contributed by atoms with E-state index in [1.54, 1.807) is 0 Å². The Hall–Kier alpha value is -1.44. The van der Waals surface area contributed by atoms with E-state index < -0.39 is 35.6 Å². The maximum absolute atomic E-state index is 12.9. The molecule has 0 heterocycles. The quantitative estimate of drug-likeness (QED) is 0.0211. The van der Waals surface area contributed by atoms with Crippen molar-refractivity contribution < 1.29 is 45.3 Å². The fraction of sp³-hybridized carbons (Fsp3) is 0.812. The van der Waals surface area contributed by atoms with Crippen molar-refractivity contribution >= 4 is 23.6 Å². The van der Waals surface area contributed by atoms with E-state index in [2.05, 4.69) is 6.92 Å². The average Bonchev–Trinajstić information content (AvgIpc) is 2.98. The molecule has 12 nitrogen and oxygen atoms in total. The topological polar surface area (TPSA) is 152 Å². The largest absolute Gasteiger partial charge is 0.472 e. The Morgan fingerprint density at radius 2 is 1.26 bits per heavy atom. The van der Waals surface area contributed by atoms with Gasteiger partial charge in [0.25, 0.3) is 15.8 Å². The van der Waals surface area contributed by atoms with Gasteiger partial charge in [0.15, 0.2) is 0 Å². The minimum absolute atomic E-state index is 0.0420. The van der Waals surface area contributed by atoms with Crippen LogP contribution in [-0.2, 0) is 32.7 Å². The van der Waals surface area contributed by atoms with Gasteiger partial charge in [-0.2, -0.15) is 8.42 Å². The third-order valence-electron chi connectivity index (χ3n) is 7.49. The highest BCUT2D eigenvalue weighted by Crippen LogP contribution is 2.43. The zero-order chi connectivity index (χ0) is 34.3. The Kier molecular flexibility index (Phi) is 22.0. The van der Waals surface area contributed by atoms with E-state index in [-0.39, 0.29) is 23.8 Å². The van der Waals surface area contributed by atoms with Gasteiger partial charge in [-0.05, 0) is 18.6 Å². The lowest BCUT2D eigenvalue weighted by Gasteiger charge is -2.24. The highest BCUT2D eigenvalue weighted by Gasteiger charge is 2.28. The molecule has 0 radical (unpaired) electrons. The van der Waals surface area contributed by atoms with Crippen LogP contribution in [0.1, 0.15) is 110 Å². The number of unbranched alkanes of at least 4 members (excludes halogenated alkanes) is 15. The second-order valence-electron chi connectivity index (χ2n) is 12.9. The number of likely N-dealkylation sites (N-methyl/N-ethyl adjacent to an activating group) is 1. The Balaban J connectivity index is 2.40. The van der Waals surface area contributed by atoms with Crippen molar-refractivity contribution in [2.75, 3.05) is 54.1 Å². The van der Waals surface area contributed by atoms with Gasteiger partial charge in [0, 0.05) is 18.7 Å². The average molecular weight is 696 g/mol.